The van der Waals surface area contributed by atoms with Crippen LogP contribution in [0.5, 0.6) is 5.75 Å². The van der Waals surface area contributed by atoms with Gasteiger partial charge in [0.05, 0.1) is 0 Å². The van der Waals surface area contributed by atoms with Gasteiger partial charge in [-0.25, -0.2) is 9.97 Å². The third kappa shape index (κ3) is 18.3. The van der Waals surface area contributed by atoms with E-state index in [0.717, 1.165) is 113 Å². The van der Waals surface area contributed by atoms with Crippen molar-refractivity contribution in [3.8, 4) is 28.0 Å². The van der Waals surface area contributed by atoms with Crippen molar-refractivity contribution in [1.82, 2.24) is 15.0 Å². The van der Waals surface area contributed by atoms with Gasteiger partial charge in [-0.15, -0.1) is 62.6 Å². The van der Waals surface area contributed by atoms with Crippen LogP contribution in [0.2, 0.25) is 0 Å². The molecule has 0 spiro atoms. The first-order valence-electron chi connectivity index (χ1n) is 38.1. The van der Waals surface area contributed by atoms with Gasteiger partial charge in [0.1, 0.15) is 28.6 Å². The zero-order chi connectivity index (χ0) is 79.7. The Morgan fingerprint density at radius 3 is 1.22 bits per heavy atom. The molecule has 13 aromatic carbocycles. The number of benzene rings is 13. The van der Waals surface area contributed by atoms with E-state index in [-0.39, 0.29) is 86.2 Å². The van der Waals surface area contributed by atoms with Crippen molar-refractivity contribution < 1.29 is 103 Å². The Morgan fingerprint density at radius 2 is 0.725 bits per heavy atom. The van der Waals surface area contributed by atoms with Crippen LogP contribution in [-0.4, -0.2) is 21.3 Å². The Bertz CT molecular complexity index is 6190. The summed E-state index contributed by atoms with van der Waals surface area (Å²) in [5.74, 6) is 1.34. The fourth-order valence-electron chi connectivity index (χ4n) is 15.7. The average Bonchev–Trinajstić information content (AvgIpc) is 1.62. The van der Waals surface area contributed by atoms with Gasteiger partial charge in [-0.2, -0.15) is 121 Å². The van der Waals surface area contributed by atoms with Crippen molar-refractivity contribution in [2.75, 3.05) is 39.2 Å². The number of para-hydroxylation sites is 8. The number of pyridine rings is 1. The molecule has 13 nitrogen and oxygen atoms in total. The van der Waals surface area contributed by atoms with E-state index in [0.29, 0.717) is 5.69 Å². The van der Waals surface area contributed by atoms with Crippen LogP contribution in [0, 0.1) is 106 Å². The van der Waals surface area contributed by atoms with Crippen molar-refractivity contribution in [2.45, 2.75) is 61.8 Å². The van der Waals surface area contributed by atoms with Crippen LogP contribution in [0.15, 0.2) is 308 Å². The van der Waals surface area contributed by atoms with Gasteiger partial charge in [0.25, 0.3) is 0 Å². The van der Waals surface area contributed by atoms with Crippen LogP contribution in [0.3, 0.4) is 0 Å². The number of aryl methyl sites for hydroxylation is 8. The quantitative estimate of drug-likeness (QED) is 0.115. The Morgan fingerprint density at radius 1 is 0.333 bits per heavy atom. The first-order valence-corrected chi connectivity index (χ1v) is 38.1. The Balaban J connectivity index is 0.000000138. The SMILES string of the molecule is Cc1cc(C)cc(N2[CH-]N(c3[c-]cccc3)c3cc(-c4cccc5c4oc4ccccc45)ccc32)c1.Cc1cc(C)cc(N2[CH-]N(c3[c-]cccc3)c3ccc(OC(F)(F)F)cc32)c1.Cc1cc(C)cc(N2[CH-]N(c3[c-]cccc3)c3ccccc32)c1.Cc1cc(N2[CH-]N(c3[c-]cccc3)c3nccnc32)cc(C)c1-c1ccncc1.[Ir].[Ir].[Ir].[Ir]. The summed E-state index contributed by atoms with van der Waals surface area (Å²) in [5, 5.41) is 2.28. The summed E-state index contributed by atoms with van der Waals surface area (Å²) in [5.41, 5.74) is 30.0. The number of hydrogen-bond donors (Lipinski definition) is 0. The number of fused-ring (bicyclic) bond motifs is 7. The maximum absolute atomic E-state index is 12.7. The predicted molar refractivity (Wildman–Crippen MR) is 463 cm³/mol. The second kappa shape index (κ2) is 37.4. The largest absolute Gasteiger partial charge is 0.573 e. The van der Waals surface area contributed by atoms with Gasteiger partial charge in [0.2, 0.25) is 0 Å². The van der Waals surface area contributed by atoms with Crippen molar-refractivity contribution in [2.24, 2.45) is 0 Å². The molecule has 4 aliphatic rings. The van der Waals surface area contributed by atoms with E-state index < -0.39 is 6.36 Å². The van der Waals surface area contributed by atoms with Gasteiger partial charge >= 0.3 is 6.36 Å². The minimum atomic E-state index is -4.74. The van der Waals surface area contributed by atoms with E-state index in [1.165, 1.54) is 73.7 Å². The van der Waals surface area contributed by atoms with Gasteiger partial charge in [0, 0.05) is 184 Å². The zero-order valence-electron chi connectivity index (χ0n) is 66.4. The van der Waals surface area contributed by atoms with Gasteiger partial charge in [-0.05, 0) is 220 Å². The van der Waals surface area contributed by atoms with Gasteiger partial charge in [-0.3, -0.25) is 4.98 Å². The molecule has 3 aromatic heterocycles. The normalized spacial score (nSPS) is 12.8. The molecule has 4 radical (unpaired) electrons. The number of halogens is 3. The third-order valence-corrected chi connectivity index (χ3v) is 20.4. The van der Waals surface area contributed by atoms with Crippen molar-refractivity contribution in [3.63, 3.8) is 0 Å². The topological polar surface area (TPSA) is 87.0 Å². The number of nitrogens with zero attached hydrogens (tertiary/aromatic N) is 11. The van der Waals surface area contributed by atoms with Gasteiger partial charge in [0.15, 0.2) is 0 Å². The number of rotatable bonds is 11. The molecule has 610 valence electrons. The van der Waals surface area contributed by atoms with E-state index in [2.05, 4.69) is 263 Å². The third-order valence-electron chi connectivity index (χ3n) is 20.4. The molecule has 0 atom stereocenters. The summed E-state index contributed by atoms with van der Waals surface area (Å²) in [6.07, 6.45) is 2.36. The summed E-state index contributed by atoms with van der Waals surface area (Å²) in [4.78, 5) is 30.1. The van der Waals surface area contributed by atoms with E-state index in [4.69, 9.17) is 4.42 Å². The molecular weight excluding hydrogens is 2210 g/mol. The molecule has 20 heteroatoms. The number of anilines is 16. The van der Waals surface area contributed by atoms with Crippen LogP contribution < -0.4 is 43.9 Å². The molecule has 20 rings (SSSR count). The number of aromatic nitrogens is 3. The fraction of sp³-hybridized carbons (Fsp3) is 0.0900. The average molecular weight is 2290 g/mol. The van der Waals surface area contributed by atoms with Crippen molar-refractivity contribution in [1.29, 1.82) is 0 Å². The van der Waals surface area contributed by atoms with E-state index in [1.807, 2.05) is 170 Å². The Hall–Kier alpha value is -11.5. The van der Waals surface area contributed by atoms with Gasteiger partial charge < -0.3 is 48.4 Å². The second-order valence-electron chi connectivity index (χ2n) is 29.0. The van der Waals surface area contributed by atoms with Crippen LogP contribution in [-0.2, 0) is 80.4 Å². The molecular formula is C100H78F3Ir4N11O2-8. The van der Waals surface area contributed by atoms with Crippen molar-refractivity contribution in [3.05, 3.63) is 399 Å². The van der Waals surface area contributed by atoms with E-state index in [9.17, 15) is 13.2 Å². The molecule has 4 aliphatic heterocycles. The summed E-state index contributed by atoms with van der Waals surface area (Å²) in [6, 6.07) is 107. The monoisotopic (exact) mass is 2290 g/mol. The minimum Gasteiger partial charge on any atom is -0.493 e. The predicted octanol–water partition coefficient (Wildman–Crippen LogP) is 26.4. The number of hydrogen-bond acceptors (Lipinski definition) is 13. The molecule has 0 fully saturated rings. The summed E-state index contributed by atoms with van der Waals surface area (Å²) in [6.45, 7) is 25.0. The summed E-state index contributed by atoms with van der Waals surface area (Å²) >= 11 is 0. The smallest absolute Gasteiger partial charge is 0.493 e. The molecule has 0 aliphatic carbocycles. The number of ether oxygens (including phenoxy) is 1. The molecule has 0 amide bonds. The molecule has 0 bridgehead atoms. The standard InChI is InChI=1S/C33H24N2O.C24H19N5.C22H17F3N2O.C21H18N2.4Ir/c1-22-17-23(2)19-26(18-22)35-21-34(25-9-4-3-5-10-25)31-20-24(15-16-30(31)35)27-12-8-13-29-28-11-6-7-14-32(28)36-33(27)29;1-17-14-21(15-18(2)22(17)19-8-10-25-11-9-19)29-16-28(20-6-4-3-5-7-20)23-24(29)27-13-12-26-23;1-15-10-16(2)12-18(11-15)27-14-26(17-6-4-3-5-7-17)20-9-8-19(13-21(20)27)28-22(23,24)25;1-16-12-17(2)14-19(13-16)23-15-22(18-8-4-3-5-9-18)20-10-6-7-11-21(20)23;;;;/h3-9,11-21H,1-2H3;3-6,8-16H,1-2H3;3-6,8-14H,1-2H3;3-8,10-15H,1-2H3;;;;/q4*-2;;;;. The van der Waals surface area contributed by atoms with Crippen LogP contribution >= 0.6 is 0 Å². The van der Waals surface area contributed by atoms with Gasteiger partial charge in [-0.1, -0.05) is 72.8 Å². The summed E-state index contributed by atoms with van der Waals surface area (Å²) < 4.78 is 48.6. The molecule has 16 aromatic rings. The molecule has 0 N–H and O–H groups in total. The summed E-state index contributed by atoms with van der Waals surface area (Å²) in [7, 11) is 0. The molecule has 120 heavy (non-hydrogen) atoms. The number of furan rings is 1. The first-order chi connectivity index (χ1) is 56.4. The van der Waals surface area contributed by atoms with Crippen LogP contribution in [0.4, 0.5) is 104 Å². The fourth-order valence-corrected chi connectivity index (χ4v) is 15.7. The zero-order valence-corrected chi connectivity index (χ0v) is 76.0. The molecule has 0 saturated heterocycles. The first kappa shape index (κ1) is 86.3. The minimum absolute atomic E-state index is 0. The van der Waals surface area contributed by atoms with Crippen LogP contribution in [0.25, 0.3) is 44.2 Å². The second-order valence-corrected chi connectivity index (χ2v) is 29.0. The Kier molecular flexibility index (Phi) is 26.9. The van der Waals surface area contributed by atoms with Crippen LogP contribution in [0.1, 0.15) is 44.5 Å². The number of alkyl halides is 3. The van der Waals surface area contributed by atoms with E-state index >= 15 is 0 Å². The molecule has 7 heterocycles. The molecule has 0 saturated carbocycles. The van der Waals surface area contributed by atoms with E-state index in [1.54, 1.807) is 24.5 Å². The maximum Gasteiger partial charge on any atom is 0.573 e. The molecule has 0 unspecified atom stereocenters. The van der Waals surface area contributed by atoms with Crippen molar-refractivity contribution >= 4 is 113 Å². The maximum atomic E-state index is 12.7. The Labute approximate surface area is 752 Å².